The van der Waals surface area contributed by atoms with Crippen LogP contribution in [0, 0.1) is 10.8 Å². The predicted octanol–water partition coefficient (Wildman–Crippen LogP) is 3.30. The zero-order valence-corrected chi connectivity index (χ0v) is 14.3. The number of phenols is 1. The molecule has 0 radical (unpaired) electrons. The Morgan fingerprint density at radius 1 is 1.22 bits per heavy atom. The summed E-state index contributed by atoms with van der Waals surface area (Å²) >= 11 is 0. The zero-order valence-electron chi connectivity index (χ0n) is 14.3. The quantitative estimate of drug-likeness (QED) is 0.589. The lowest BCUT2D eigenvalue weighted by Crippen LogP contribution is -2.46. The first kappa shape index (κ1) is 17.3. The second-order valence-electron chi connectivity index (χ2n) is 8.05. The molecule has 0 spiro atoms. The first-order chi connectivity index (χ1) is 10.6. The third-order valence-electron chi connectivity index (χ3n) is 4.39. The van der Waals surface area contributed by atoms with E-state index in [1.54, 1.807) is 18.2 Å². The molecular formula is C18H26N2O3. The van der Waals surface area contributed by atoms with E-state index in [-0.39, 0.29) is 39.8 Å². The molecule has 2 amide bonds. The first-order valence-corrected chi connectivity index (χ1v) is 7.97. The summed E-state index contributed by atoms with van der Waals surface area (Å²) in [5.74, 6) is -0.512. The van der Waals surface area contributed by atoms with Gasteiger partial charge in [0.05, 0.1) is 11.3 Å². The summed E-state index contributed by atoms with van der Waals surface area (Å²) in [7, 11) is 0. The molecule has 0 bridgehead atoms. The molecule has 23 heavy (non-hydrogen) atoms. The predicted molar refractivity (Wildman–Crippen MR) is 90.5 cm³/mol. The van der Waals surface area contributed by atoms with Gasteiger partial charge in [-0.05, 0) is 42.2 Å². The van der Waals surface area contributed by atoms with Crippen LogP contribution in [0.1, 0.15) is 57.3 Å². The number of phenolic OH excluding ortho intramolecular Hbond substituents is 1. The third-order valence-corrected chi connectivity index (χ3v) is 4.39. The lowest BCUT2D eigenvalue weighted by molar-refractivity contribution is -0.105. The van der Waals surface area contributed by atoms with Crippen LogP contribution in [-0.4, -0.2) is 23.5 Å². The summed E-state index contributed by atoms with van der Waals surface area (Å²) in [5.41, 5.74) is 0.751. The summed E-state index contributed by atoms with van der Waals surface area (Å²) in [6, 6.07) is 4.81. The lowest BCUT2D eigenvalue weighted by atomic mass is 9.63. The molecule has 5 nitrogen and oxygen atoms in total. The van der Waals surface area contributed by atoms with E-state index in [4.69, 9.17) is 0 Å². The Balaban J connectivity index is 2.16. The van der Waals surface area contributed by atoms with Gasteiger partial charge in [0, 0.05) is 6.04 Å². The fraction of sp³-hybridized carbons (Fsp3) is 0.556. The summed E-state index contributed by atoms with van der Waals surface area (Å²) in [5, 5.41) is 15.6. The van der Waals surface area contributed by atoms with Gasteiger partial charge < -0.3 is 15.7 Å². The highest BCUT2D eigenvalue weighted by Crippen LogP contribution is 2.45. The number of anilines is 1. The van der Waals surface area contributed by atoms with Gasteiger partial charge in [-0.15, -0.1) is 0 Å². The van der Waals surface area contributed by atoms with Crippen molar-refractivity contribution in [3.8, 4) is 5.75 Å². The van der Waals surface area contributed by atoms with Crippen LogP contribution < -0.4 is 10.6 Å². The molecule has 1 aliphatic rings. The second kappa shape index (κ2) is 6.22. The van der Waals surface area contributed by atoms with E-state index in [1.165, 1.54) is 0 Å². The van der Waals surface area contributed by atoms with Gasteiger partial charge in [0.1, 0.15) is 0 Å². The van der Waals surface area contributed by atoms with E-state index < -0.39 is 0 Å². The van der Waals surface area contributed by atoms with Crippen LogP contribution in [0.4, 0.5) is 5.69 Å². The van der Waals surface area contributed by atoms with Gasteiger partial charge in [-0.1, -0.05) is 33.8 Å². The molecule has 0 saturated heterocycles. The number of hydrogen-bond donors (Lipinski definition) is 3. The van der Waals surface area contributed by atoms with Crippen molar-refractivity contribution in [3.63, 3.8) is 0 Å². The number of carbonyl (C=O) groups excluding carboxylic acids is 2. The molecule has 1 aromatic carbocycles. The van der Waals surface area contributed by atoms with Gasteiger partial charge >= 0.3 is 0 Å². The minimum absolute atomic E-state index is 0.0725. The first-order valence-electron chi connectivity index (χ1n) is 7.97. The number of carbonyl (C=O) groups is 2. The average Bonchev–Trinajstić information content (AvgIpc) is 2.37. The molecule has 1 aromatic rings. The van der Waals surface area contributed by atoms with Crippen molar-refractivity contribution in [2.24, 2.45) is 10.8 Å². The van der Waals surface area contributed by atoms with Crippen LogP contribution in [0.3, 0.4) is 0 Å². The van der Waals surface area contributed by atoms with Crippen LogP contribution >= 0.6 is 0 Å². The fourth-order valence-corrected chi connectivity index (χ4v) is 4.12. The Kier molecular flexibility index (Phi) is 4.68. The van der Waals surface area contributed by atoms with E-state index in [2.05, 4.69) is 38.3 Å². The molecule has 0 aliphatic heterocycles. The molecule has 2 rings (SSSR count). The standard InChI is InChI=1S/C18H26N2O3/c1-17(2)8-12(9-18(3,4)10-17)20-16(23)13-6-5-7-14(15(13)22)19-11-21/h5-7,11-12,22H,8-10H2,1-4H3,(H,19,21)(H,20,23). The number of rotatable bonds is 4. The van der Waals surface area contributed by atoms with Crippen molar-refractivity contribution in [3.05, 3.63) is 23.8 Å². The van der Waals surface area contributed by atoms with Crippen LogP contribution in [0.15, 0.2) is 18.2 Å². The van der Waals surface area contributed by atoms with Gasteiger partial charge in [-0.25, -0.2) is 0 Å². The van der Waals surface area contributed by atoms with Gasteiger partial charge in [-0.2, -0.15) is 0 Å². The van der Waals surface area contributed by atoms with E-state index in [0.717, 1.165) is 19.3 Å². The molecule has 0 atom stereocenters. The molecule has 0 heterocycles. The molecule has 0 unspecified atom stereocenters. The smallest absolute Gasteiger partial charge is 0.255 e. The maximum Gasteiger partial charge on any atom is 0.255 e. The van der Waals surface area contributed by atoms with Crippen LogP contribution in [0.2, 0.25) is 0 Å². The Labute approximate surface area is 137 Å². The molecule has 3 N–H and O–H groups in total. The maximum atomic E-state index is 12.5. The summed E-state index contributed by atoms with van der Waals surface area (Å²) in [6.07, 6.45) is 3.42. The van der Waals surface area contributed by atoms with Gasteiger partial charge in [-0.3, -0.25) is 9.59 Å². The number of aromatic hydroxyl groups is 1. The highest BCUT2D eigenvalue weighted by atomic mass is 16.3. The van der Waals surface area contributed by atoms with Crippen LogP contribution in [0.5, 0.6) is 5.75 Å². The van der Waals surface area contributed by atoms with Crippen LogP contribution in [0.25, 0.3) is 0 Å². The monoisotopic (exact) mass is 318 g/mol. The summed E-state index contributed by atoms with van der Waals surface area (Å²) in [6.45, 7) is 8.89. The van der Waals surface area contributed by atoms with E-state index in [9.17, 15) is 14.7 Å². The summed E-state index contributed by atoms with van der Waals surface area (Å²) < 4.78 is 0. The fourth-order valence-electron chi connectivity index (χ4n) is 4.12. The number of nitrogens with one attached hydrogen (secondary N) is 2. The van der Waals surface area contributed by atoms with Crippen molar-refractivity contribution < 1.29 is 14.7 Å². The number of benzene rings is 1. The zero-order chi connectivity index (χ0) is 17.3. The highest BCUT2D eigenvalue weighted by Gasteiger charge is 2.39. The summed E-state index contributed by atoms with van der Waals surface area (Å²) in [4.78, 5) is 23.1. The van der Waals surface area contributed by atoms with Crippen molar-refractivity contribution in [1.29, 1.82) is 0 Å². The highest BCUT2D eigenvalue weighted by molar-refractivity contribution is 5.99. The van der Waals surface area contributed by atoms with Crippen LogP contribution in [-0.2, 0) is 4.79 Å². The minimum atomic E-state index is -0.310. The molecule has 1 saturated carbocycles. The Morgan fingerprint density at radius 2 is 1.83 bits per heavy atom. The molecule has 126 valence electrons. The van der Waals surface area contributed by atoms with E-state index >= 15 is 0 Å². The van der Waals surface area contributed by atoms with Gasteiger partial charge in [0.15, 0.2) is 5.75 Å². The molecule has 0 aromatic heterocycles. The average molecular weight is 318 g/mol. The molecule has 1 aliphatic carbocycles. The van der Waals surface area contributed by atoms with Crippen molar-refractivity contribution >= 4 is 18.0 Å². The van der Waals surface area contributed by atoms with Gasteiger partial charge in [0.25, 0.3) is 5.91 Å². The SMILES string of the molecule is CC1(C)CC(NC(=O)c2cccc(NC=O)c2O)CC(C)(C)C1. The second-order valence-corrected chi connectivity index (χ2v) is 8.05. The number of para-hydroxylation sites is 1. The third kappa shape index (κ3) is 4.24. The topological polar surface area (TPSA) is 78.4 Å². The Bertz CT molecular complexity index is 592. The maximum absolute atomic E-state index is 12.5. The number of amides is 2. The van der Waals surface area contributed by atoms with Gasteiger partial charge in [0.2, 0.25) is 6.41 Å². The molecule has 5 heteroatoms. The van der Waals surface area contributed by atoms with Crippen molar-refractivity contribution in [1.82, 2.24) is 5.32 Å². The van der Waals surface area contributed by atoms with Crippen molar-refractivity contribution in [2.45, 2.75) is 53.0 Å². The largest absolute Gasteiger partial charge is 0.505 e. The molecule has 1 fully saturated rings. The molecular weight excluding hydrogens is 292 g/mol. The van der Waals surface area contributed by atoms with E-state index in [1.807, 2.05) is 0 Å². The minimum Gasteiger partial charge on any atom is -0.505 e. The normalized spacial score (nSPS) is 19.8. The van der Waals surface area contributed by atoms with E-state index in [0.29, 0.717) is 6.41 Å². The lowest BCUT2D eigenvalue weighted by Gasteiger charge is -2.45. The number of hydrogen-bond acceptors (Lipinski definition) is 3. The Hall–Kier alpha value is -2.04. The van der Waals surface area contributed by atoms with Crippen molar-refractivity contribution in [2.75, 3.05) is 5.32 Å². The Morgan fingerprint density at radius 3 is 2.39 bits per heavy atom.